The zero-order valence-electron chi connectivity index (χ0n) is 11.4. The van der Waals surface area contributed by atoms with Gasteiger partial charge in [0.25, 0.3) is 11.8 Å². The monoisotopic (exact) mass is 262 g/mol. The van der Waals surface area contributed by atoms with Gasteiger partial charge in [0.15, 0.2) is 0 Å². The number of hydroxylamine groups is 2. The van der Waals surface area contributed by atoms with E-state index in [1.807, 2.05) is 6.92 Å². The van der Waals surface area contributed by atoms with E-state index in [1.54, 1.807) is 43.5 Å². The molecule has 0 spiro atoms. The van der Waals surface area contributed by atoms with Gasteiger partial charge < -0.3 is 4.84 Å². The minimum absolute atomic E-state index is 0.00721. The van der Waals surface area contributed by atoms with Gasteiger partial charge in [0.05, 0.1) is 24.3 Å². The predicted octanol–water partition coefficient (Wildman–Crippen LogP) is 1.55. The number of carbonyl (C=O) groups is 2. The largest absolute Gasteiger partial charge is 0.302 e. The summed E-state index contributed by atoms with van der Waals surface area (Å²) >= 11 is 0. The second-order valence-electron chi connectivity index (χ2n) is 4.56. The first-order valence-corrected chi connectivity index (χ1v) is 6.32. The number of fused-ring (bicyclic) bond motifs is 1. The maximum absolute atomic E-state index is 12.2. The summed E-state index contributed by atoms with van der Waals surface area (Å²) in [6.45, 7) is 2.34. The standard InChI is InChI=1S/C14H18N2O3/c1-4-10(15(2)19-3)9-16-13(17)11-7-5-6-8-12(11)14(16)18/h5-8,10H,4,9H2,1-3H3. The molecule has 19 heavy (non-hydrogen) atoms. The fourth-order valence-corrected chi connectivity index (χ4v) is 2.27. The number of amides is 2. The Labute approximate surface area is 112 Å². The first-order chi connectivity index (χ1) is 9.10. The van der Waals surface area contributed by atoms with Gasteiger partial charge in [-0.1, -0.05) is 19.1 Å². The molecular formula is C14H18N2O3. The molecule has 0 N–H and O–H groups in total. The number of benzene rings is 1. The van der Waals surface area contributed by atoms with Crippen molar-refractivity contribution in [2.24, 2.45) is 0 Å². The van der Waals surface area contributed by atoms with E-state index in [0.29, 0.717) is 17.7 Å². The van der Waals surface area contributed by atoms with Crippen LogP contribution in [0.25, 0.3) is 0 Å². The van der Waals surface area contributed by atoms with E-state index in [1.165, 1.54) is 4.90 Å². The van der Waals surface area contributed by atoms with Crippen LogP contribution in [0.4, 0.5) is 0 Å². The number of likely N-dealkylation sites (N-methyl/N-ethyl adjacent to an activating group) is 1. The molecule has 1 aromatic carbocycles. The highest BCUT2D eigenvalue weighted by Gasteiger charge is 2.36. The SMILES string of the molecule is CCC(CN1C(=O)c2ccccc2C1=O)N(C)OC. The molecule has 1 aliphatic rings. The van der Waals surface area contributed by atoms with Crippen LogP contribution in [-0.2, 0) is 4.84 Å². The first-order valence-electron chi connectivity index (χ1n) is 6.32. The molecule has 0 saturated carbocycles. The van der Waals surface area contributed by atoms with Crippen LogP contribution in [0.2, 0.25) is 0 Å². The lowest BCUT2D eigenvalue weighted by Crippen LogP contribution is -2.43. The molecule has 0 saturated heterocycles. The number of imide groups is 1. The van der Waals surface area contributed by atoms with Crippen LogP contribution in [0.1, 0.15) is 34.1 Å². The van der Waals surface area contributed by atoms with Crippen molar-refractivity contribution in [1.29, 1.82) is 0 Å². The molecule has 5 heteroatoms. The summed E-state index contributed by atoms with van der Waals surface area (Å²) in [4.78, 5) is 30.9. The minimum atomic E-state index is -0.219. The second kappa shape index (κ2) is 5.50. The molecule has 0 radical (unpaired) electrons. The molecule has 0 bridgehead atoms. The molecule has 0 aliphatic carbocycles. The zero-order chi connectivity index (χ0) is 14.0. The Morgan fingerprint density at radius 1 is 1.21 bits per heavy atom. The lowest BCUT2D eigenvalue weighted by Gasteiger charge is -2.28. The van der Waals surface area contributed by atoms with Crippen LogP contribution in [0, 0.1) is 0 Å². The molecule has 1 aromatic rings. The van der Waals surface area contributed by atoms with Gasteiger partial charge in [0, 0.05) is 13.6 Å². The van der Waals surface area contributed by atoms with Gasteiger partial charge >= 0.3 is 0 Å². The van der Waals surface area contributed by atoms with Crippen LogP contribution in [0.5, 0.6) is 0 Å². The van der Waals surface area contributed by atoms with E-state index in [2.05, 4.69) is 0 Å². The van der Waals surface area contributed by atoms with Crippen molar-refractivity contribution in [3.63, 3.8) is 0 Å². The fourth-order valence-electron chi connectivity index (χ4n) is 2.27. The highest BCUT2D eigenvalue weighted by Crippen LogP contribution is 2.23. The fraction of sp³-hybridized carbons (Fsp3) is 0.429. The Bertz CT molecular complexity index is 466. The molecule has 5 nitrogen and oxygen atoms in total. The van der Waals surface area contributed by atoms with Crippen molar-refractivity contribution in [1.82, 2.24) is 9.96 Å². The predicted molar refractivity (Wildman–Crippen MR) is 70.7 cm³/mol. The Balaban J connectivity index is 2.20. The van der Waals surface area contributed by atoms with Crippen molar-refractivity contribution in [3.05, 3.63) is 35.4 Å². The molecule has 1 heterocycles. The van der Waals surface area contributed by atoms with Gasteiger partial charge in [-0.15, -0.1) is 0 Å². The highest BCUT2D eigenvalue weighted by atomic mass is 16.7. The Hall–Kier alpha value is -1.72. The molecule has 1 aliphatic heterocycles. The summed E-state index contributed by atoms with van der Waals surface area (Å²) in [7, 11) is 3.37. The molecule has 102 valence electrons. The summed E-state index contributed by atoms with van der Waals surface area (Å²) in [5.74, 6) is -0.438. The summed E-state index contributed by atoms with van der Waals surface area (Å²) in [6.07, 6.45) is 0.789. The van der Waals surface area contributed by atoms with Crippen molar-refractivity contribution < 1.29 is 14.4 Å². The molecule has 0 fully saturated rings. The average molecular weight is 262 g/mol. The molecule has 1 atom stereocenters. The normalized spacial score (nSPS) is 16.1. The van der Waals surface area contributed by atoms with Crippen LogP contribution in [-0.4, -0.2) is 48.5 Å². The number of rotatable bonds is 5. The summed E-state index contributed by atoms with van der Waals surface area (Å²) in [6, 6.07) is 6.91. The van der Waals surface area contributed by atoms with Crippen LogP contribution in [0.3, 0.4) is 0 Å². The van der Waals surface area contributed by atoms with Crippen molar-refractivity contribution >= 4 is 11.8 Å². The topological polar surface area (TPSA) is 49.9 Å². The highest BCUT2D eigenvalue weighted by molar-refractivity contribution is 6.21. The van der Waals surface area contributed by atoms with Gasteiger partial charge in [-0.3, -0.25) is 14.5 Å². The van der Waals surface area contributed by atoms with Gasteiger partial charge in [0.2, 0.25) is 0 Å². The number of hydrogen-bond donors (Lipinski definition) is 0. The van der Waals surface area contributed by atoms with Gasteiger partial charge in [-0.25, -0.2) is 0 Å². The van der Waals surface area contributed by atoms with Crippen molar-refractivity contribution in [3.8, 4) is 0 Å². The van der Waals surface area contributed by atoms with E-state index < -0.39 is 0 Å². The molecule has 2 amide bonds. The first kappa shape index (κ1) is 13.7. The Morgan fingerprint density at radius 2 is 1.74 bits per heavy atom. The van der Waals surface area contributed by atoms with Crippen molar-refractivity contribution in [2.45, 2.75) is 19.4 Å². The lowest BCUT2D eigenvalue weighted by molar-refractivity contribution is -0.143. The molecular weight excluding hydrogens is 244 g/mol. The van der Waals surface area contributed by atoms with Gasteiger partial charge in [-0.05, 0) is 18.6 Å². The maximum atomic E-state index is 12.2. The number of hydrogen-bond acceptors (Lipinski definition) is 4. The lowest BCUT2D eigenvalue weighted by atomic mass is 10.1. The molecule has 2 rings (SSSR count). The van der Waals surface area contributed by atoms with E-state index in [9.17, 15) is 9.59 Å². The van der Waals surface area contributed by atoms with Gasteiger partial charge in [-0.2, -0.15) is 5.06 Å². The van der Waals surface area contributed by atoms with Gasteiger partial charge in [0.1, 0.15) is 0 Å². The second-order valence-corrected chi connectivity index (χ2v) is 4.56. The van der Waals surface area contributed by atoms with Crippen LogP contribution in [0.15, 0.2) is 24.3 Å². The van der Waals surface area contributed by atoms with Crippen LogP contribution < -0.4 is 0 Å². The number of nitrogens with zero attached hydrogens (tertiary/aromatic N) is 2. The zero-order valence-corrected chi connectivity index (χ0v) is 11.4. The van der Waals surface area contributed by atoms with Crippen molar-refractivity contribution in [2.75, 3.05) is 20.7 Å². The Kier molecular flexibility index (Phi) is 3.97. The van der Waals surface area contributed by atoms with E-state index in [4.69, 9.17) is 4.84 Å². The van der Waals surface area contributed by atoms with E-state index in [0.717, 1.165) is 6.42 Å². The summed E-state index contributed by atoms with van der Waals surface area (Å²) in [5, 5.41) is 1.67. The summed E-state index contributed by atoms with van der Waals surface area (Å²) in [5.41, 5.74) is 0.977. The van der Waals surface area contributed by atoms with E-state index in [-0.39, 0.29) is 17.9 Å². The molecule has 1 unspecified atom stereocenters. The summed E-state index contributed by atoms with van der Waals surface area (Å²) < 4.78 is 0. The smallest absolute Gasteiger partial charge is 0.261 e. The van der Waals surface area contributed by atoms with Crippen LogP contribution >= 0.6 is 0 Å². The van der Waals surface area contributed by atoms with E-state index >= 15 is 0 Å². The quantitative estimate of drug-likeness (QED) is 0.597. The third-order valence-electron chi connectivity index (χ3n) is 3.54. The Morgan fingerprint density at radius 3 is 2.16 bits per heavy atom. The molecule has 0 aromatic heterocycles. The number of carbonyl (C=O) groups excluding carboxylic acids is 2. The average Bonchev–Trinajstić information content (AvgIpc) is 2.68. The third-order valence-corrected chi connectivity index (χ3v) is 3.54. The third kappa shape index (κ3) is 2.39. The minimum Gasteiger partial charge on any atom is -0.302 e. The maximum Gasteiger partial charge on any atom is 0.261 e.